The van der Waals surface area contributed by atoms with Gasteiger partial charge in [0.1, 0.15) is 5.78 Å². The number of ketones is 1. The van der Waals surface area contributed by atoms with Gasteiger partial charge in [-0.15, -0.1) is 0 Å². The van der Waals surface area contributed by atoms with Crippen LogP contribution >= 0.6 is 0 Å². The highest BCUT2D eigenvalue weighted by Gasteiger charge is 2.28. The van der Waals surface area contributed by atoms with Crippen LogP contribution in [0.5, 0.6) is 0 Å². The van der Waals surface area contributed by atoms with Crippen LogP contribution in [0.3, 0.4) is 0 Å². The molecule has 4 heteroatoms. The van der Waals surface area contributed by atoms with E-state index in [2.05, 4.69) is 10.1 Å². The molecule has 13 heavy (non-hydrogen) atoms. The standard InChI is InChI=1S/C9H12N2O2/c1-6(12)2-5-8-10-9(11-13-8)7-3-4-7/h7H,2-5H2,1H3. The van der Waals surface area contributed by atoms with Gasteiger partial charge < -0.3 is 9.32 Å². The molecule has 0 aromatic carbocycles. The lowest BCUT2D eigenvalue weighted by molar-refractivity contribution is -0.117. The largest absolute Gasteiger partial charge is 0.339 e. The summed E-state index contributed by atoms with van der Waals surface area (Å²) in [6.45, 7) is 1.57. The van der Waals surface area contributed by atoms with Gasteiger partial charge in [0.15, 0.2) is 5.82 Å². The van der Waals surface area contributed by atoms with E-state index >= 15 is 0 Å². The molecule has 1 fully saturated rings. The highest BCUT2D eigenvalue weighted by atomic mass is 16.5. The fraction of sp³-hybridized carbons (Fsp3) is 0.667. The van der Waals surface area contributed by atoms with Crippen LogP contribution < -0.4 is 0 Å². The van der Waals surface area contributed by atoms with Crippen molar-refractivity contribution in [3.8, 4) is 0 Å². The fourth-order valence-corrected chi connectivity index (χ4v) is 1.16. The number of carbonyl (C=O) groups is 1. The Bertz CT molecular complexity index is 315. The van der Waals surface area contributed by atoms with E-state index in [-0.39, 0.29) is 5.78 Å². The third-order valence-electron chi connectivity index (χ3n) is 2.12. The van der Waals surface area contributed by atoms with Crippen molar-refractivity contribution in [3.63, 3.8) is 0 Å². The van der Waals surface area contributed by atoms with Gasteiger partial charge in [-0.25, -0.2) is 0 Å². The van der Waals surface area contributed by atoms with Crippen LogP contribution in [-0.2, 0) is 11.2 Å². The van der Waals surface area contributed by atoms with Gasteiger partial charge in [-0.3, -0.25) is 0 Å². The molecular formula is C9H12N2O2. The third kappa shape index (κ3) is 2.14. The Balaban J connectivity index is 1.92. The minimum Gasteiger partial charge on any atom is -0.339 e. The second kappa shape index (κ2) is 3.28. The number of hydrogen-bond acceptors (Lipinski definition) is 4. The minimum atomic E-state index is 0.158. The van der Waals surface area contributed by atoms with Crippen LogP contribution in [-0.4, -0.2) is 15.9 Å². The van der Waals surface area contributed by atoms with E-state index in [1.54, 1.807) is 6.92 Å². The predicted molar refractivity (Wildman–Crippen MR) is 45.3 cm³/mol. The van der Waals surface area contributed by atoms with Crippen LogP contribution in [0.15, 0.2) is 4.52 Å². The van der Waals surface area contributed by atoms with Crippen molar-refractivity contribution in [1.82, 2.24) is 10.1 Å². The molecule has 0 unspecified atom stereocenters. The zero-order valence-electron chi connectivity index (χ0n) is 7.62. The van der Waals surface area contributed by atoms with Gasteiger partial charge >= 0.3 is 0 Å². The normalized spacial score (nSPS) is 16.1. The van der Waals surface area contributed by atoms with Crippen molar-refractivity contribution in [1.29, 1.82) is 0 Å². The topological polar surface area (TPSA) is 56.0 Å². The third-order valence-corrected chi connectivity index (χ3v) is 2.12. The van der Waals surface area contributed by atoms with Crippen molar-refractivity contribution in [3.05, 3.63) is 11.7 Å². The highest BCUT2D eigenvalue weighted by Crippen LogP contribution is 2.38. The first-order chi connectivity index (χ1) is 6.25. The Labute approximate surface area is 76.3 Å². The second-order valence-electron chi connectivity index (χ2n) is 3.52. The summed E-state index contributed by atoms with van der Waals surface area (Å²) in [7, 11) is 0. The van der Waals surface area contributed by atoms with E-state index in [0.29, 0.717) is 24.7 Å². The molecule has 1 aromatic rings. The number of aromatic nitrogens is 2. The molecule has 1 heterocycles. The molecule has 0 amide bonds. The molecule has 1 aliphatic rings. The molecule has 0 bridgehead atoms. The zero-order valence-corrected chi connectivity index (χ0v) is 7.62. The monoisotopic (exact) mass is 180 g/mol. The van der Waals surface area contributed by atoms with Gasteiger partial charge in [0.05, 0.1) is 0 Å². The predicted octanol–water partition coefficient (Wildman–Crippen LogP) is 1.47. The van der Waals surface area contributed by atoms with Crippen LogP contribution in [0, 0.1) is 0 Å². The van der Waals surface area contributed by atoms with Gasteiger partial charge in [-0.05, 0) is 19.8 Å². The van der Waals surface area contributed by atoms with E-state index in [1.165, 1.54) is 12.8 Å². The van der Waals surface area contributed by atoms with Crippen molar-refractivity contribution in [2.24, 2.45) is 0 Å². The molecule has 0 atom stereocenters. The summed E-state index contributed by atoms with van der Waals surface area (Å²) < 4.78 is 5.00. The molecule has 0 spiro atoms. The Hall–Kier alpha value is -1.19. The molecule has 4 nitrogen and oxygen atoms in total. The molecule has 0 radical (unpaired) electrons. The summed E-state index contributed by atoms with van der Waals surface area (Å²) in [5, 5.41) is 3.86. The first-order valence-electron chi connectivity index (χ1n) is 4.57. The maximum absolute atomic E-state index is 10.7. The molecule has 1 aromatic heterocycles. The Kier molecular flexibility index (Phi) is 2.12. The lowest BCUT2D eigenvalue weighted by atomic mass is 10.2. The minimum absolute atomic E-state index is 0.158. The van der Waals surface area contributed by atoms with Crippen molar-refractivity contribution in [2.75, 3.05) is 0 Å². The van der Waals surface area contributed by atoms with E-state index in [1.807, 2.05) is 0 Å². The first kappa shape index (κ1) is 8.41. The summed E-state index contributed by atoms with van der Waals surface area (Å²) in [6.07, 6.45) is 3.42. The SMILES string of the molecule is CC(=O)CCc1nc(C2CC2)no1. The molecule has 1 saturated carbocycles. The van der Waals surface area contributed by atoms with Crippen molar-refractivity contribution >= 4 is 5.78 Å². The van der Waals surface area contributed by atoms with Gasteiger partial charge in [0, 0.05) is 18.8 Å². The number of nitrogens with zero attached hydrogens (tertiary/aromatic N) is 2. The maximum atomic E-state index is 10.7. The smallest absolute Gasteiger partial charge is 0.227 e. The average Bonchev–Trinajstić information content (AvgIpc) is 2.83. The van der Waals surface area contributed by atoms with Gasteiger partial charge in [-0.2, -0.15) is 4.98 Å². The van der Waals surface area contributed by atoms with Crippen LogP contribution in [0.2, 0.25) is 0 Å². The summed E-state index contributed by atoms with van der Waals surface area (Å²) in [4.78, 5) is 14.9. The molecule has 70 valence electrons. The fourth-order valence-electron chi connectivity index (χ4n) is 1.16. The number of rotatable bonds is 4. The molecule has 1 aliphatic carbocycles. The molecule has 0 aliphatic heterocycles. The second-order valence-corrected chi connectivity index (χ2v) is 3.52. The van der Waals surface area contributed by atoms with Crippen LogP contribution in [0.25, 0.3) is 0 Å². The summed E-state index contributed by atoms with van der Waals surface area (Å²) in [5.41, 5.74) is 0. The van der Waals surface area contributed by atoms with Crippen LogP contribution in [0.4, 0.5) is 0 Å². The lowest BCUT2D eigenvalue weighted by Gasteiger charge is -1.87. The number of aryl methyl sites for hydroxylation is 1. The number of hydrogen-bond donors (Lipinski definition) is 0. The molecular weight excluding hydrogens is 168 g/mol. The van der Waals surface area contributed by atoms with Gasteiger partial charge in [0.2, 0.25) is 5.89 Å². The quantitative estimate of drug-likeness (QED) is 0.704. The van der Waals surface area contributed by atoms with E-state index in [0.717, 1.165) is 5.82 Å². The number of Topliss-reactive ketones (excluding diaryl/α,β-unsaturated/α-hetero) is 1. The molecule has 0 N–H and O–H groups in total. The lowest BCUT2D eigenvalue weighted by Crippen LogP contribution is -1.94. The van der Waals surface area contributed by atoms with Gasteiger partial charge in [0.25, 0.3) is 0 Å². The highest BCUT2D eigenvalue weighted by molar-refractivity contribution is 5.75. The van der Waals surface area contributed by atoms with E-state index in [4.69, 9.17) is 4.52 Å². The Morgan fingerprint density at radius 2 is 2.38 bits per heavy atom. The number of carbonyl (C=O) groups excluding carboxylic acids is 1. The maximum Gasteiger partial charge on any atom is 0.227 e. The summed E-state index contributed by atoms with van der Waals surface area (Å²) in [5.74, 6) is 2.09. The van der Waals surface area contributed by atoms with Crippen LogP contribution in [0.1, 0.15) is 43.8 Å². The van der Waals surface area contributed by atoms with Gasteiger partial charge in [-0.1, -0.05) is 5.16 Å². The first-order valence-corrected chi connectivity index (χ1v) is 4.57. The van der Waals surface area contributed by atoms with Crippen molar-refractivity contribution in [2.45, 2.75) is 38.5 Å². The molecule has 0 saturated heterocycles. The summed E-state index contributed by atoms with van der Waals surface area (Å²) in [6, 6.07) is 0. The van der Waals surface area contributed by atoms with E-state index in [9.17, 15) is 4.79 Å². The zero-order chi connectivity index (χ0) is 9.26. The Morgan fingerprint density at radius 1 is 1.62 bits per heavy atom. The van der Waals surface area contributed by atoms with E-state index < -0.39 is 0 Å². The average molecular weight is 180 g/mol. The summed E-state index contributed by atoms with van der Waals surface area (Å²) >= 11 is 0. The molecule has 2 rings (SSSR count). The van der Waals surface area contributed by atoms with Crippen molar-refractivity contribution < 1.29 is 9.32 Å². The Morgan fingerprint density at radius 3 is 3.00 bits per heavy atom.